The van der Waals surface area contributed by atoms with Crippen LogP contribution in [-0.2, 0) is 20.4 Å². The van der Waals surface area contributed by atoms with Gasteiger partial charge in [0.25, 0.3) is 0 Å². The number of methoxy groups -OCH3 is 2. The summed E-state index contributed by atoms with van der Waals surface area (Å²) < 4.78 is 11.3. The number of aromatic hydroxyl groups is 2. The lowest BCUT2D eigenvalue weighted by molar-refractivity contribution is -0.122. The first kappa shape index (κ1) is 36.4. The Morgan fingerprint density at radius 2 is 0.887 bits per heavy atom. The van der Waals surface area contributed by atoms with Crippen LogP contribution in [0.1, 0.15) is 102 Å². The van der Waals surface area contributed by atoms with Gasteiger partial charge < -0.3 is 30.3 Å². The lowest BCUT2D eigenvalue weighted by Crippen LogP contribution is -2.43. The molecule has 278 valence electrons. The van der Waals surface area contributed by atoms with Crippen LogP contribution in [-0.4, -0.2) is 36.2 Å². The number of carbonyl (C=O) groups excluding carboxylic acids is 2. The number of fused-ring (bicyclic) bond motifs is 2. The summed E-state index contributed by atoms with van der Waals surface area (Å²) in [4.78, 5) is 27.1. The second-order valence-corrected chi connectivity index (χ2v) is 15.4. The van der Waals surface area contributed by atoms with E-state index in [4.69, 9.17) is 9.47 Å². The van der Waals surface area contributed by atoms with Crippen molar-refractivity contribution < 1.29 is 29.3 Å². The summed E-state index contributed by atoms with van der Waals surface area (Å²) >= 11 is 0. The maximum Gasteiger partial charge on any atom is 0.239 e. The number of ether oxygens (including phenoxy) is 2. The van der Waals surface area contributed by atoms with E-state index in [1.54, 1.807) is 38.5 Å². The number of rotatable bonds is 6. The maximum atomic E-state index is 13.6. The molecule has 4 aromatic carbocycles. The minimum absolute atomic E-state index is 0.0424. The standard InChI is InChI=1S/C23H27NO3.C22H25NO3/c1-14-15(2)21-19(13-20(14)27-3)23(22(26)24-21,16-7-5-4-6-8-16)17-9-11-18(25)12-10-17;1-13-14(2)20-18(12-19(13)26-3)22(21(25)23-20,15-6-4-5-7-15)16-8-10-17(24)11-9-16/h9-13,16,25H,4-8H2,1-3H3,(H,24,26);8-12,15,24H,4-7H2,1-3H3,(H,23,25). The predicted octanol–water partition coefficient (Wildman–Crippen LogP) is 9.28. The van der Waals surface area contributed by atoms with Crippen molar-refractivity contribution in [2.75, 3.05) is 24.9 Å². The Morgan fingerprint density at radius 1 is 0.547 bits per heavy atom. The van der Waals surface area contributed by atoms with Crippen LogP contribution in [0.4, 0.5) is 11.4 Å². The maximum absolute atomic E-state index is 13.6. The first-order valence-electron chi connectivity index (χ1n) is 19.1. The normalized spacial score (nSPS) is 22.4. The molecule has 8 nitrogen and oxygen atoms in total. The quantitative estimate of drug-likeness (QED) is 0.158. The third kappa shape index (κ3) is 5.64. The minimum atomic E-state index is -0.727. The zero-order chi connectivity index (χ0) is 37.7. The molecule has 8 heteroatoms. The Morgan fingerprint density at radius 3 is 1.23 bits per heavy atom. The van der Waals surface area contributed by atoms with E-state index in [0.717, 1.165) is 119 Å². The number of benzene rings is 4. The van der Waals surface area contributed by atoms with Crippen molar-refractivity contribution in [3.63, 3.8) is 0 Å². The number of phenolic OH excluding ortho intramolecular Hbond substituents is 2. The molecule has 0 bridgehead atoms. The molecule has 2 aliphatic carbocycles. The van der Waals surface area contributed by atoms with Crippen molar-refractivity contribution in [2.45, 2.75) is 96.3 Å². The second kappa shape index (κ2) is 14.1. The van der Waals surface area contributed by atoms with Gasteiger partial charge in [-0.15, -0.1) is 0 Å². The highest BCUT2D eigenvalue weighted by Gasteiger charge is 2.56. The van der Waals surface area contributed by atoms with Crippen molar-refractivity contribution >= 4 is 23.2 Å². The highest BCUT2D eigenvalue weighted by molar-refractivity contribution is 6.11. The van der Waals surface area contributed by atoms with E-state index >= 15 is 0 Å². The van der Waals surface area contributed by atoms with Crippen LogP contribution in [0.2, 0.25) is 0 Å². The van der Waals surface area contributed by atoms with Crippen molar-refractivity contribution in [1.29, 1.82) is 0 Å². The summed E-state index contributed by atoms with van der Waals surface area (Å²) in [5, 5.41) is 25.9. The van der Waals surface area contributed by atoms with Gasteiger partial charge in [0.15, 0.2) is 0 Å². The van der Waals surface area contributed by atoms with Crippen molar-refractivity contribution in [1.82, 2.24) is 0 Å². The third-order valence-electron chi connectivity index (χ3n) is 13.0. The number of anilines is 2. The van der Waals surface area contributed by atoms with Gasteiger partial charge in [-0.2, -0.15) is 0 Å². The molecule has 4 aromatic rings. The van der Waals surface area contributed by atoms with Crippen LogP contribution in [0.5, 0.6) is 23.0 Å². The number of carbonyl (C=O) groups is 2. The summed E-state index contributed by atoms with van der Waals surface area (Å²) in [6, 6.07) is 18.4. The number of nitrogens with one attached hydrogen (secondary N) is 2. The highest BCUT2D eigenvalue weighted by atomic mass is 16.5. The molecule has 4 N–H and O–H groups in total. The zero-order valence-corrected chi connectivity index (χ0v) is 31.8. The van der Waals surface area contributed by atoms with E-state index in [2.05, 4.69) is 16.7 Å². The van der Waals surface area contributed by atoms with Crippen LogP contribution < -0.4 is 20.1 Å². The van der Waals surface area contributed by atoms with Gasteiger partial charge in [0.05, 0.1) is 14.2 Å². The van der Waals surface area contributed by atoms with E-state index in [1.807, 2.05) is 58.0 Å². The van der Waals surface area contributed by atoms with Crippen LogP contribution in [0.3, 0.4) is 0 Å². The minimum Gasteiger partial charge on any atom is -0.508 e. The molecule has 8 rings (SSSR count). The molecule has 2 unspecified atom stereocenters. The average Bonchev–Trinajstić information content (AvgIpc) is 3.88. The third-order valence-corrected chi connectivity index (χ3v) is 13.0. The van der Waals surface area contributed by atoms with Crippen molar-refractivity contribution in [3.8, 4) is 23.0 Å². The Hall–Kier alpha value is -4.98. The van der Waals surface area contributed by atoms with Gasteiger partial charge in [-0.3, -0.25) is 9.59 Å². The second-order valence-electron chi connectivity index (χ2n) is 15.4. The fraction of sp³-hybridized carbons (Fsp3) is 0.422. The van der Waals surface area contributed by atoms with E-state index in [0.29, 0.717) is 0 Å². The van der Waals surface area contributed by atoms with Gasteiger partial charge >= 0.3 is 0 Å². The lowest BCUT2D eigenvalue weighted by atomic mass is 9.62. The summed E-state index contributed by atoms with van der Waals surface area (Å²) in [5.74, 6) is 2.65. The smallest absolute Gasteiger partial charge is 0.239 e. The number of hydrogen-bond acceptors (Lipinski definition) is 6. The molecule has 0 saturated heterocycles. The first-order chi connectivity index (χ1) is 25.5. The fourth-order valence-corrected chi connectivity index (χ4v) is 10.0. The molecular formula is C45H52N2O6. The summed E-state index contributed by atoms with van der Waals surface area (Å²) in [6.45, 7) is 8.14. The van der Waals surface area contributed by atoms with Crippen molar-refractivity contribution in [2.24, 2.45) is 11.8 Å². The summed E-state index contributed by atoms with van der Waals surface area (Å²) in [5.41, 5.74) is 8.58. The largest absolute Gasteiger partial charge is 0.508 e. The monoisotopic (exact) mass is 716 g/mol. The molecule has 2 atom stereocenters. The highest BCUT2D eigenvalue weighted by Crippen LogP contribution is 2.56. The van der Waals surface area contributed by atoms with Crippen molar-refractivity contribution in [3.05, 3.63) is 105 Å². The lowest BCUT2D eigenvalue weighted by Gasteiger charge is -2.39. The molecule has 2 fully saturated rings. The SMILES string of the molecule is COc1cc2c(c(C)c1C)NC(=O)C2(c1ccc(O)cc1)C1CCCC1.COc1cc2c(c(C)c1C)NC(=O)C2(c1ccc(O)cc1)C1CCCCC1. The number of hydrogen-bond donors (Lipinski definition) is 4. The fourth-order valence-electron chi connectivity index (χ4n) is 10.0. The Bertz CT molecular complexity index is 2040. The molecule has 4 aliphatic rings. The van der Waals surface area contributed by atoms with Gasteiger partial charge in [-0.25, -0.2) is 0 Å². The predicted molar refractivity (Wildman–Crippen MR) is 209 cm³/mol. The Balaban J connectivity index is 0.000000164. The topological polar surface area (TPSA) is 117 Å². The molecular weight excluding hydrogens is 665 g/mol. The average molecular weight is 717 g/mol. The van der Waals surface area contributed by atoms with Gasteiger partial charge in [-0.05, 0) is 146 Å². The first-order valence-corrected chi connectivity index (χ1v) is 19.1. The molecule has 2 saturated carbocycles. The van der Waals surface area contributed by atoms with Crippen LogP contribution in [0.25, 0.3) is 0 Å². The van der Waals surface area contributed by atoms with Crippen LogP contribution in [0.15, 0.2) is 60.7 Å². The number of amides is 2. The van der Waals surface area contributed by atoms with Gasteiger partial charge in [-0.1, -0.05) is 56.4 Å². The van der Waals surface area contributed by atoms with E-state index < -0.39 is 10.8 Å². The Kier molecular flexibility index (Phi) is 9.68. The van der Waals surface area contributed by atoms with Gasteiger partial charge in [0, 0.05) is 11.4 Å². The Labute approximate surface area is 312 Å². The molecule has 53 heavy (non-hydrogen) atoms. The van der Waals surface area contributed by atoms with Gasteiger partial charge in [0.1, 0.15) is 33.8 Å². The summed E-state index contributed by atoms with van der Waals surface area (Å²) in [6.07, 6.45) is 9.94. The molecule has 0 radical (unpaired) electrons. The molecule has 2 heterocycles. The van der Waals surface area contributed by atoms with Crippen LogP contribution in [0, 0.1) is 39.5 Å². The van der Waals surface area contributed by atoms with E-state index in [1.165, 1.54) is 6.42 Å². The molecule has 2 amide bonds. The van der Waals surface area contributed by atoms with Crippen LogP contribution >= 0.6 is 0 Å². The van der Waals surface area contributed by atoms with Gasteiger partial charge in [0.2, 0.25) is 11.8 Å². The zero-order valence-electron chi connectivity index (χ0n) is 31.8. The molecule has 0 aromatic heterocycles. The molecule has 2 aliphatic heterocycles. The van der Waals surface area contributed by atoms with E-state index in [-0.39, 0.29) is 35.1 Å². The van der Waals surface area contributed by atoms with E-state index in [9.17, 15) is 19.8 Å². The molecule has 0 spiro atoms. The summed E-state index contributed by atoms with van der Waals surface area (Å²) in [7, 11) is 3.36. The number of phenols is 2.